The molecule has 0 aliphatic heterocycles. The average molecular weight is 259 g/mol. The van der Waals surface area contributed by atoms with Crippen molar-refractivity contribution in [2.24, 2.45) is 0 Å². The first-order valence-electron chi connectivity index (χ1n) is 6.67. The van der Waals surface area contributed by atoms with Crippen LogP contribution in [0.4, 0.5) is 5.69 Å². The Bertz CT molecular complexity index is 434. The second-order valence-electron chi connectivity index (χ2n) is 4.54. The van der Waals surface area contributed by atoms with E-state index in [0.717, 1.165) is 30.6 Å². The van der Waals surface area contributed by atoms with Gasteiger partial charge in [0.15, 0.2) is 0 Å². The molecule has 0 aliphatic rings. The molecular weight excluding hydrogens is 238 g/mol. The lowest BCUT2D eigenvalue weighted by Gasteiger charge is -2.15. The second-order valence-corrected chi connectivity index (χ2v) is 4.54. The Morgan fingerprint density at radius 2 is 2.05 bits per heavy atom. The number of nitriles is 1. The summed E-state index contributed by atoms with van der Waals surface area (Å²) >= 11 is 0. The molecule has 0 fully saturated rings. The average Bonchev–Trinajstić information content (AvgIpc) is 2.41. The fourth-order valence-corrected chi connectivity index (χ4v) is 1.67. The van der Waals surface area contributed by atoms with Crippen molar-refractivity contribution < 1.29 is 4.79 Å². The van der Waals surface area contributed by atoms with Gasteiger partial charge in [-0.1, -0.05) is 25.5 Å². The molecule has 19 heavy (non-hydrogen) atoms. The minimum absolute atomic E-state index is 0.00884. The molecule has 0 saturated carbocycles. The highest BCUT2D eigenvalue weighted by atomic mass is 16.2. The summed E-state index contributed by atoms with van der Waals surface area (Å²) in [6.45, 7) is 4.66. The van der Waals surface area contributed by atoms with Gasteiger partial charge >= 0.3 is 0 Å². The Labute approximate surface area is 114 Å². The lowest BCUT2D eigenvalue weighted by Crippen LogP contribution is -2.37. The quantitative estimate of drug-likeness (QED) is 0.739. The van der Waals surface area contributed by atoms with Gasteiger partial charge < -0.3 is 10.6 Å². The van der Waals surface area contributed by atoms with Gasteiger partial charge in [-0.15, -0.1) is 0 Å². The summed E-state index contributed by atoms with van der Waals surface area (Å²) in [7, 11) is 0. The molecule has 1 rings (SSSR count). The van der Waals surface area contributed by atoms with Crippen molar-refractivity contribution in [2.75, 3.05) is 11.9 Å². The molecule has 0 bridgehead atoms. The number of benzene rings is 1. The van der Waals surface area contributed by atoms with Gasteiger partial charge in [0.1, 0.15) is 6.04 Å². The van der Waals surface area contributed by atoms with Crippen molar-refractivity contribution in [3.8, 4) is 6.07 Å². The summed E-state index contributed by atoms with van der Waals surface area (Å²) in [5, 5.41) is 14.6. The van der Waals surface area contributed by atoms with Gasteiger partial charge in [0.2, 0.25) is 5.91 Å². The molecule has 2 N–H and O–H groups in total. The van der Waals surface area contributed by atoms with Gasteiger partial charge in [-0.3, -0.25) is 4.79 Å². The molecule has 0 aliphatic carbocycles. The maximum atomic E-state index is 11.8. The van der Waals surface area contributed by atoms with E-state index in [0.29, 0.717) is 6.42 Å². The third-order valence-electron chi connectivity index (χ3n) is 2.84. The molecule has 1 aromatic rings. The van der Waals surface area contributed by atoms with Crippen molar-refractivity contribution in [1.29, 1.82) is 5.26 Å². The Morgan fingerprint density at radius 1 is 1.37 bits per heavy atom. The SMILES string of the molecule is CCCCNC(=O)C(C)Nc1ccc(CC#N)cc1. The molecule has 1 amide bonds. The first-order valence-corrected chi connectivity index (χ1v) is 6.67. The standard InChI is InChI=1S/C15H21N3O/c1-3-4-11-17-15(19)12(2)18-14-7-5-13(6-8-14)9-10-16/h5-8,12,18H,3-4,9,11H2,1-2H3,(H,17,19). The number of nitrogens with zero attached hydrogens (tertiary/aromatic N) is 1. The topological polar surface area (TPSA) is 64.9 Å². The maximum absolute atomic E-state index is 11.8. The van der Waals surface area contributed by atoms with Crippen molar-refractivity contribution in [1.82, 2.24) is 5.32 Å². The highest BCUT2D eigenvalue weighted by Crippen LogP contribution is 2.11. The van der Waals surface area contributed by atoms with Gasteiger partial charge in [0, 0.05) is 12.2 Å². The molecule has 0 heterocycles. The number of hydrogen-bond acceptors (Lipinski definition) is 3. The monoisotopic (exact) mass is 259 g/mol. The fraction of sp³-hybridized carbons (Fsp3) is 0.467. The second kappa shape index (κ2) is 8.15. The highest BCUT2D eigenvalue weighted by Gasteiger charge is 2.11. The molecule has 102 valence electrons. The van der Waals surface area contributed by atoms with E-state index in [1.807, 2.05) is 31.2 Å². The summed E-state index contributed by atoms with van der Waals surface area (Å²) in [5.41, 5.74) is 1.87. The number of nitrogens with one attached hydrogen (secondary N) is 2. The number of unbranched alkanes of at least 4 members (excludes halogenated alkanes) is 1. The van der Waals surface area contributed by atoms with Gasteiger partial charge in [-0.2, -0.15) is 5.26 Å². The molecule has 1 unspecified atom stereocenters. The highest BCUT2D eigenvalue weighted by molar-refractivity contribution is 5.84. The Kier molecular flexibility index (Phi) is 6.45. The predicted octanol–water partition coefficient (Wildman–Crippen LogP) is 2.47. The molecule has 4 nitrogen and oxygen atoms in total. The van der Waals surface area contributed by atoms with Crippen LogP contribution in [-0.4, -0.2) is 18.5 Å². The molecular formula is C15H21N3O. The van der Waals surface area contributed by atoms with Crippen LogP contribution < -0.4 is 10.6 Å². The molecule has 1 aromatic carbocycles. The van der Waals surface area contributed by atoms with Crippen LogP contribution in [0.2, 0.25) is 0 Å². The number of anilines is 1. The van der Waals surface area contributed by atoms with E-state index >= 15 is 0 Å². The smallest absolute Gasteiger partial charge is 0.242 e. The van der Waals surface area contributed by atoms with E-state index in [1.165, 1.54) is 0 Å². The number of amides is 1. The van der Waals surface area contributed by atoms with E-state index in [1.54, 1.807) is 0 Å². The van der Waals surface area contributed by atoms with E-state index < -0.39 is 0 Å². The van der Waals surface area contributed by atoms with Gasteiger partial charge in [-0.25, -0.2) is 0 Å². The summed E-state index contributed by atoms with van der Waals surface area (Å²) in [4.78, 5) is 11.8. The lowest BCUT2D eigenvalue weighted by atomic mass is 10.1. The van der Waals surface area contributed by atoms with Crippen LogP contribution in [0.5, 0.6) is 0 Å². The van der Waals surface area contributed by atoms with Gasteiger partial charge in [0.25, 0.3) is 0 Å². The summed E-state index contributed by atoms with van der Waals surface area (Å²) in [6, 6.07) is 9.42. The molecule has 1 atom stereocenters. The van der Waals surface area contributed by atoms with E-state index in [2.05, 4.69) is 23.6 Å². The summed E-state index contributed by atoms with van der Waals surface area (Å²) in [5.74, 6) is 0.00884. The molecule has 0 radical (unpaired) electrons. The maximum Gasteiger partial charge on any atom is 0.242 e. The van der Waals surface area contributed by atoms with Crippen molar-refractivity contribution in [3.05, 3.63) is 29.8 Å². The number of hydrogen-bond donors (Lipinski definition) is 2. The zero-order valence-electron chi connectivity index (χ0n) is 11.6. The van der Waals surface area contributed by atoms with Crippen LogP contribution in [-0.2, 0) is 11.2 Å². The summed E-state index contributed by atoms with van der Waals surface area (Å²) < 4.78 is 0. The Morgan fingerprint density at radius 3 is 2.63 bits per heavy atom. The van der Waals surface area contributed by atoms with Crippen LogP contribution in [0, 0.1) is 11.3 Å². The van der Waals surface area contributed by atoms with Crippen molar-refractivity contribution in [2.45, 2.75) is 39.2 Å². The zero-order valence-corrected chi connectivity index (χ0v) is 11.6. The van der Waals surface area contributed by atoms with Gasteiger partial charge in [0.05, 0.1) is 12.5 Å². The number of carbonyl (C=O) groups excluding carboxylic acids is 1. The van der Waals surface area contributed by atoms with Crippen LogP contribution in [0.3, 0.4) is 0 Å². The fourth-order valence-electron chi connectivity index (χ4n) is 1.67. The molecule has 0 saturated heterocycles. The van der Waals surface area contributed by atoms with E-state index in [9.17, 15) is 4.79 Å². The lowest BCUT2D eigenvalue weighted by molar-refractivity contribution is -0.121. The first kappa shape index (κ1) is 15.0. The number of carbonyl (C=O) groups is 1. The van der Waals surface area contributed by atoms with Crippen molar-refractivity contribution >= 4 is 11.6 Å². The largest absolute Gasteiger partial charge is 0.374 e. The predicted molar refractivity (Wildman–Crippen MR) is 76.8 cm³/mol. The van der Waals surface area contributed by atoms with Crippen LogP contribution in [0.1, 0.15) is 32.3 Å². The summed E-state index contributed by atoms with van der Waals surface area (Å²) in [6.07, 6.45) is 2.48. The molecule has 0 aromatic heterocycles. The molecule has 4 heteroatoms. The first-order chi connectivity index (χ1) is 9.17. The zero-order chi connectivity index (χ0) is 14.1. The third kappa shape index (κ3) is 5.43. The minimum atomic E-state index is -0.265. The van der Waals surface area contributed by atoms with Crippen LogP contribution in [0.15, 0.2) is 24.3 Å². The van der Waals surface area contributed by atoms with Crippen molar-refractivity contribution in [3.63, 3.8) is 0 Å². The number of rotatable bonds is 7. The minimum Gasteiger partial charge on any atom is -0.374 e. The molecule has 0 spiro atoms. The van der Waals surface area contributed by atoms with Crippen LogP contribution in [0.25, 0.3) is 0 Å². The van der Waals surface area contributed by atoms with E-state index in [-0.39, 0.29) is 11.9 Å². The van der Waals surface area contributed by atoms with E-state index in [4.69, 9.17) is 5.26 Å². The Balaban J connectivity index is 2.45. The van der Waals surface area contributed by atoms with Crippen LogP contribution >= 0.6 is 0 Å². The van der Waals surface area contributed by atoms with Gasteiger partial charge in [-0.05, 0) is 31.0 Å². The normalized spacial score (nSPS) is 11.4. The Hall–Kier alpha value is -2.02. The third-order valence-corrected chi connectivity index (χ3v) is 2.84.